The number of fused-ring (bicyclic) bond motifs is 2. The number of hydrogen-bond acceptors (Lipinski definition) is 1. The van der Waals surface area contributed by atoms with Crippen molar-refractivity contribution in [1.29, 1.82) is 0 Å². The number of benzene rings is 2. The lowest BCUT2D eigenvalue weighted by molar-refractivity contribution is -0.132. The summed E-state index contributed by atoms with van der Waals surface area (Å²) in [6, 6.07) is 16.4. The van der Waals surface area contributed by atoms with E-state index < -0.39 is 0 Å². The smallest absolute Gasteiger partial charge is 0.223 e. The van der Waals surface area contributed by atoms with E-state index in [0.717, 1.165) is 23.0 Å². The van der Waals surface area contributed by atoms with E-state index >= 15 is 0 Å². The Labute approximate surface area is 155 Å². The summed E-state index contributed by atoms with van der Waals surface area (Å²) in [4.78, 5) is 14.9. The minimum atomic E-state index is -0.253. The van der Waals surface area contributed by atoms with Crippen molar-refractivity contribution in [3.63, 3.8) is 0 Å². The van der Waals surface area contributed by atoms with E-state index in [4.69, 9.17) is 0 Å². The van der Waals surface area contributed by atoms with Crippen molar-refractivity contribution in [2.24, 2.45) is 17.8 Å². The highest BCUT2D eigenvalue weighted by Gasteiger charge is 2.40. The maximum atomic E-state index is 13.4. The van der Waals surface area contributed by atoms with Gasteiger partial charge in [0.05, 0.1) is 6.04 Å². The molecule has 0 aliphatic heterocycles. The molecule has 3 heteroatoms. The highest BCUT2D eigenvalue weighted by atomic mass is 19.1. The molecule has 2 aliphatic rings. The molecule has 4 atom stereocenters. The summed E-state index contributed by atoms with van der Waals surface area (Å²) < 4.78 is 13.4. The fourth-order valence-electron chi connectivity index (χ4n) is 5.06. The van der Waals surface area contributed by atoms with Crippen molar-refractivity contribution < 1.29 is 9.18 Å². The van der Waals surface area contributed by atoms with Gasteiger partial charge in [-0.25, -0.2) is 4.39 Å². The molecular formula is C23H26FNO. The topological polar surface area (TPSA) is 20.3 Å². The molecule has 4 unspecified atom stereocenters. The van der Waals surface area contributed by atoms with Crippen molar-refractivity contribution in [3.05, 3.63) is 71.5 Å². The first-order valence-corrected chi connectivity index (χ1v) is 9.68. The highest BCUT2D eigenvalue weighted by molar-refractivity contribution is 5.77. The van der Waals surface area contributed by atoms with Crippen LogP contribution in [0.25, 0.3) is 0 Å². The molecule has 2 aromatic rings. The first kappa shape index (κ1) is 17.3. The maximum absolute atomic E-state index is 13.4. The molecule has 1 amide bonds. The molecule has 0 spiro atoms. The zero-order valence-electron chi connectivity index (χ0n) is 15.3. The molecule has 0 radical (unpaired) electrons. The second kappa shape index (κ2) is 7.22. The number of nitrogens with zero attached hydrogens (tertiary/aromatic N) is 1. The lowest BCUT2D eigenvalue weighted by Gasteiger charge is -2.31. The second-order valence-corrected chi connectivity index (χ2v) is 8.01. The summed E-state index contributed by atoms with van der Waals surface area (Å²) >= 11 is 0. The van der Waals surface area contributed by atoms with Gasteiger partial charge in [0, 0.05) is 13.5 Å². The fourth-order valence-corrected chi connectivity index (χ4v) is 5.06. The summed E-state index contributed by atoms with van der Waals surface area (Å²) in [7, 11) is 1.89. The van der Waals surface area contributed by atoms with Gasteiger partial charge in [0.15, 0.2) is 0 Å². The first-order valence-electron chi connectivity index (χ1n) is 9.68. The fraction of sp³-hybridized carbons (Fsp3) is 0.435. The predicted octanol–water partition coefficient (Wildman–Crippen LogP) is 5.20. The molecule has 0 heterocycles. The number of amides is 1. The van der Waals surface area contributed by atoms with Gasteiger partial charge in [0.1, 0.15) is 5.82 Å². The Bertz CT molecular complexity index is 758. The van der Waals surface area contributed by atoms with Crippen LogP contribution < -0.4 is 0 Å². The summed E-state index contributed by atoms with van der Waals surface area (Å²) in [6.45, 7) is 0. The van der Waals surface area contributed by atoms with Crippen molar-refractivity contribution in [1.82, 2.24) is 4.90 Å². The van der Waals surface area contributed by atoms with Crippen LogP contribution in [0.1, 0.15) is 49.3 Å². The minimum Gasteiger partial charge on any atom is -0.335 e. The third-order valence-electron chi connectivity index (χ3n) is 6.40. The van der Waals surface area contributed by atoms with Gasteiger partial charge in [-0.05, 0) is 60.3 Å². The van der Waals surface area contributed by atoms with Crippen LogP contribution in [-0.4, -0.2) is 17.9 Å². The van der Waals surface area contributed by atoms with Crippen LogP contribution in [0.4, 0.5) is 4.39 Å². The van der Waals surface area contributed by atoms with Crippen LogP contribution in [0.15, 0.2) is 54.6 Å². The molecule has 0 aromatic heterocycles. The van der Waals surface area contributed by atoms with Gasteiger partial charge in [0.2, 0.25) is 5.91 Å². The van der Waals surface area contributed by atoms with Crippen LogP contribution in [0, 0.1) is 23.6 Å². The molecule has 2 aromatic carbocycles. The van der Waals surface area contributed by atoms with E-state index in [2.05, 4.69) is 0 Å². The molecule has 26 heavy (non-hydrogen) atoms. The summed E-state index contributed by atoms with van der Waals surface area (Å²) in [6.07, 6.45) is 5.83. The van der Waals surface area contributed by atoms with Crippen molar-refractivity contribution in [2.75, 3.05) is 7.05 Å². The first-order chi connectivity index (χ1) is 12.6. The number of halogens is 1. The van der Waals surface area contributed by atoms with E-state index in [1.54, 1.807) is 12.1 Å². The minimum absolute atomic E-state index is 0.178. The van der Waals surface area contributed by atoms with Gasteiger partial charge in [-0.1, -0.05) is 48.9 Å². The Balaban J connectivity index is 1.56. The van der Waals surface area contributed by atoms with Gasteiger partial charge in [0.25, 0.3) is 0 Å². The quantitative estimate of drug-likeness (QED) is 0.725. The van der Waals surface area contributed by atoms with Gasteiger partial charge >= 0.3 is 0 Å². The Hall–Kier alpha value is -2.16. The van der Waals surface area contributed by atoms with E-state index in [0.29, 0.717) is 12.3 Å². The molecule has 0 saturated heterocycles. The van der Waals surface area contributed by atoms with Gasteiger partial charge in [-0.15, -0.1) is 0 Å². The third-order valence-corrected chi connectivity index (χ3v) is 6.40. The average molecular weight is 351 g/mol. The second-order valence-electron chi connectivity index (χ2n) is 8.01. The molecule has 2 bridgehead atoms. The third kappa shape index (κ3) is 3.40. The lowest BCUT2D eigenvalue weighted by atomic mass is 9.86. The normalized spacial score (nSPS) is 25.2. The zero-order chi connectivity index (χ0) is 18.1. The van der Waals surface area contributed by atoms with Gasteiger partial charge in [-0.3, -0.25) is 4.79 Å². The van der Waals surface area contributed by atoms with Crippen LogP contribution in [-0.2, 0) is 4.79 Å². The van der Waals surface area contributed by atoms with Crippen molar-refractivity contribution >= 4 is 5.91 Å². The van der Waals surface area contributed by atoms with Crippen LogP contribution >= 0.6 is 0 Å². The van der Waals surface area contributed by atoms with Gasteiger partial charge < -0.3 is 4.90 Å². The summed E-state index contributed by atoms with van der Waals surface area (Å²) in [5, 5.41) is 0. The number of carbonyl (C=O) groups is 1. The molecule has 2 nitrogen and oxygen atoms in total. The molecule has 0 N–H and O–H groups in total. The molecular weight excluding hydrogens is 325 g/mol. The number of rotatable bonds is 5. The largest absolute Gasteiger partial charge is 0.335 e. The zero-order valence-corrected chi connectivity index (χ0v) is 15.3. The standard InChI is InChI=1S/C23H26FNO/c1-25(22(26)15-20-14-16-7-8-19(20)13-16)23(17-5-3-2-4-6-17)18-9-11-21(24)12-10-18/h2-6,9-12,16,19-20,23H,7-8,13-15H2,1H3. The Morgan fingerprint density at radius 3 is 2.35 bits per heavy atom. The molecule has 2 saturated carbocycles. The number of carbonyl (C=O) groups excluding carboxylic acids is 1. The van der Waals surface area contributed by atoms with E-state index in [1.165, 1.54) is 37.8 Å². The van der Waals surface area contributed by atoms with E-state index in [9.17, 15) is 9.18 Å². The number of hydrogen-bond donors (Lipinski definition) is 0. The molecule has 2 aliphatic carbocycles. The van der Waals surface area contributed by atoms with Crippen LogP contribution in [0.2, 0.25) is 0 Å². The summed E-state index contributed by atoms with van der Waals surface area (Å²) in [5.74, 6) is 2.09. The van der Waals surface area contributed by atoms with Crippen LogP contribution in [0.3, 0.4) is 0 Å². The molecule has 4 rings (SSSR count). The van der Waals surface area contributed by atoms with Crippen molar-refractivity contribution in [3.8, 4) is 0 Å². The van der Waals surface area contributed by atoms with Gasteiger partial charge in [-0.2, -0.15) is 0 Å². The lowest BCUT2D eigenvalue weighted by Crippen LogP contribution is -2.34. The highest BCUT2D eigenvalue weighted by Crippen LogP contribution is 2.49. The molecule has 136 valence electrons. The average Bonchev–Trinajstić information content (AvgIpc) is 3.27. The monoisotopic (exact) mass is 351 g/mol. The molecule has 2 fully saturated rings. The van der Waals surface area contributed by atoms with Crippen molar-refractivity contribution in [2.45, 2.75) is 38.1 Å². The van der Waals surface area contributed by atoms with E-state index in [1.807, 2.05) is 42.3 Å². The van der Waals surface area contributed by atoms with Crippen LogP contribution in [0.5, 0.6) is 0 Å². The van der Waals surface area contributed by atoms with E-state index in [-0.39, 0.29) is 17.8 Å². The Kier molecular flexibility index (Phi) is 4.80. The maximum Gasteiger partial charge on any atom is 0.223 e. The predicted molar refractivity (Wildman–Crippen MR) is 101 cm³/mol. The Morgan fingerprint density at radius 2 is 1.73 bits per heavy atom. The summed E-state index contributed by atoms with van der Waals surface area (Å²) in [5.41, 5.74) is 2.00. The SMILES string of the molecule is CN(C(=O)CC1CC2CCC1C2)C(c1ccccc1)c1ccc(F)cc1. The Morgan fingerprint density at radius 1 is 1.04 bits per heavy atom.